The van der Waals surface area contributed by atoms with Crippen molar-refractivity contribution in [2.75, 3.05) is 5.75 Å². The third-order valence-corrected chi connectivity index (χ3v) is 4.90. The number of halogens is 1. The number of nitrogens with one attached hydrogen (secondary N) is 1. The number of hydrogen-bond donors (Lipinski definition) is 3. The normalized spacial score (nSPS) is 12.0. The number of amides is 1. The smallest absolute Gasteiger partial charge is 0.235 e. The third-order valence-electron chi connectivity index (χ3n) is 4.54. The maximum atomic E-state index is 12.0. The molecule has 0 saturated heterocycles. The lowest BCUT2D eigenvalue weighted by molar-refractivity contribution is -0.119. The molecule has 3 aromatic rings. The van der Waals surface area contributed by atoms with Crippen LogP contribution < -0.4 is 11.1 Å². The Hall–Kier alpha value is -2.27. The molecular formula is C22H23ClN2OS. The number of nitrogens with two attached hydrogens (primary N) is 1. The zero-order chi connectivity index (χ0) is 18.4. The first-order chi connectivity index (χ1) is 12.7. The minimum Gasteiger partial charge on any atom is -0.368 e. The molecule has 0 aliphatic rings. The summed E-state index contributed by atoms with van der Waals surface area (Å²) in [5.74, 6) is -0.115. The second-order valence-electron chi connectivity index (χ2n) is 6.13. The molecule has 0 bridgehead atoms. The summed E-state index contributed by atoms with van der Waals surface area (Å²) in [6, 6.07) is 29.7. The highest BCUT2D eigenvalue weighted by atomic mass is 35.5. The second kappa shape index (κ2) is 9.60. The van der Waals surface area contributed by atoms with Gasteiger partial charge in [0.25, 0.3) is 0 Å². The predicted molar refractivity (Wildman–Crippen MR) is 116 cm³/mol. The highest BCUT2D eigenvalue weighted by Gasteiger charge is 2.38. The summed E-state index contributed by atoms with van der Waals surface area (Å²) in [6.07, 6.45) is 0. The van der Waals surface area contributed by atoms with E-state index in [1.165, 1.54) is 0 Å². The van der Waals surface area contributed by atoms with Gasteiger partial charge in [0, 0.05) is 5.75 Å². The summed E-state index contributed by atoms with van der Waals surface area (Å²) in [7, 11) is 0. The number of benzene rings is 3. The highest BCUT2D eigenvalue weighted by Crippen LogP contribution is 2.37. The van der Waals surface area contributed by atoms with Crippen molar-refractivity contribution in [2.45, 2.75) is 11.6 Å². The van der Waals surface area contributed by atoms with Crippen LogP contribution in [-0.2, 0) is 10.3 Å². The van der Waals surface area contributed by atoms with Gasteiger partial charge in [-0.2, -0.15) is 12.6 Å². The molecule has 3 aromatic carbocycles. The lowest BCUT2D eigenvalue weighted by Crippen LogP contribution is -2.55. The standard InChI is InChI=1S/C22H22N2OS.ClH/c23-21(25)20(16-26)24-22(17-10-4-1-5-11-17,18-12-6-2-7-13-18)19-14-8-3-9-15-19;/h1-15,20,24,26H,16H2,(H2,23,25);1H/t20-;/m0./s1. The van der Waals surface area contributed by atoms with Crippen LogP contribution >= 0.6 is 25.0 Å². The van der Waals surface area contributed by atoms with E-state index in [-0.39, 0.29) is 12.4 Å². The number of carbonyl (C=O) groups is 1. The topological polar surface area (TPSA) is 55.1 Å². The van der Waals surface area contributed by atoms with Gasteiger partial charge in [-0.1, -0.05) is 91.0 Å². The summed E-state index contributed by atoms with van der Waals surface area (Å²) in [4.78, 5) is 12.0. The van der Waals surface area contributed by atoms with Crippen LogP contribution in [-0.4, -0.2) is 17.7 Å². The molecule has 1 amide bonds. The first kappa shape index (κ1) is 21.0. The molecule has 0 aliphatic carbocycles. The summed E-state index contributed by atoms with van der Waals surface area (Å²) < 4.78 is 0. The molecule has 0 aromatic heterocycles. The molecule has 0 heterocycles. The minimum atomic E-state index is -0.716. The Morgan fingerprint density at radius 2 is 1.15 bits per heavy atom. The minimum absolute atomic E-state index is 0. The molecule has 0 radical (unpaired) electrons. The van der Waals surface area contributed by atoms with Crippen LogP contribution in [0.5, 0.6) is 0 Å². The lowest BCUT2D eigenvalue weighted by Gasteiger charge is -2.39. The summed E-state index contributed by atoms with van der Waals surface area (Å²) >= 11 is 4.34. The van der Waals surface area contributed by atoms with Crippen molar-refractivity contribution in [3.05, 3.63) is 108 Å². The van der Waals surface area contributed by atoms with Crippen molar-refractivity contribution < 1.29 is 4.79 Å². The Morgan fingerprint density at radius 3 is 1.41 bits per heavy atom. The largest absolute Gasteiger partial charge is 0.368 e. The van der Waals surface area contributed by atoms with E-state index < -0.39 is 17.5 Å². The van der Waals surface area contributed by atoms with Gasteiger partial charge in [-0.3, -0.25) is 10.1 Å². The van der Waals surface area contributed by atoms with Gasteiger partial charge in [-0.25, -0.2) is 0 Å². The molecule has 0 spiro atoms. The van der Waals surface area contributed by atoms with Gasteiger partial charge in [0.2, 0.25) is 5.91 Å². The second-order valence-corrected chi connectivity index (χ2v) is 6.50. The Morgan fingerprint density at radius 1 is 0.815 bits per heavy atom. The fourth-order valence-corrected chi connectivity index (χ4v) is 3.55. The van der Waals surface area contributed by atoms with Crippen LogP contribution in [0.3, 0.4) is 0 Å². The Bertz CT molecular complexity index is 747. The van der Waals surface area contributed by atoms with Crippen molar-refractivity contribution >= 4 is 30.9 Å². The van der Waals surface area contributed by atoms with Gasteiger partial charge in [-0.05, 0) is 16.7 Å². The van der Waals surface area contributed by atoms with E-state index in [2.05, 4.69) is 54.3 Å². The van der Waals surface area contributed by atoms with Crippen molar-refractivity contribution in [2.24, 2.45) is 5.73 Å². The number of thiol groups is 1. The van der Waals surface area contributed by atoms with Crippen LogP contribution in [0.25, 0.3) is 0 Å². The van der Waals surface area contributed by atoms with E-state index in [9.17, 15) is 4.79 Å². The average Bonchev–Trinajstić information content (AvgIpc) is 2.71. The van der Waals surface area contributed by atoms with E-state index in [4.69, 9.17) is 5.73 Å². The van der Waals surface area contributed by atoms with Gasteiger partial charge in [-0.15, -0.1) is 12.4 Å². The van der Waals surface area contributed by atoms with Crippen LogP contribution in [0.1, 0.15) is 16.7 Å². The van der Waals surface area contributed by atoms with Crippen molar-refractivity contribution in [3.8, 4) is 0 Å². The van der Waals surface area contributed by atoms with Crippen molar-refractivity contribution in [1.82, 2.24) is 5.32 Å². The van der Waals surface area contributed by atoms with Crippen molar-refractivity contribution in [1.29, 1.82) is 0 Å². The van der Waals surface area contributed by atoms with E-state index >= 15 is 0 Å². The molecule has 3 nitrogen and oxygen atoms in total. The number of carbonyl (C=O) groups excluding carboxylic acids is 1. The van der Waals surface area contributed by atoms with Gasteiger partial charge in [0.1, 0.15) is 0 Å². The first-order valence-corrected chi connectivity index (χ1v) is 9.16. The zero-order valence-corrected chi connectivity index (χ0v) is 16.5. The number of rotatable bonds is 7. The van der Waals surface area contributed by atoms with E-state index in [0.29, 0.717) is 5.75 Å². The van der Waals surface area contributed by atoms with Crippen LogP contribution in [0.2, 0.25) is 0 Å². The summed E-state index contributed by atoms with van der Waals surface area (Å²) in [5, 5.41) is 3.51. The molecule has 27 heavy (non-hydrogen) atoms. The molecule has 5 heteroatoms. The fraction of sp³-hybridized carbons (Fsp3) is 0.136. The third kappa shape index (κ3) is 4.35. The highest BCUT2D eigenvalue weighted by molar-refractivity contribution is 7.80. The SMILES string of the molecule is Cl.NC(=O)[C@H](CS)NC(c1ccccc1)(c1ccccc1)c1ccccc1. The van der Waals surface area contributed by atoms with Crippen molar-refractivity contribution in [3.63, 3.8) is 0 Å². The van der Waals surface area contributed by atoms with Crippen LogP contribution in [0.15, 0.2) is 91.0 Å². The molecule has 0 unspecified atom stereocenters. The average molecular weight is 399 g/mol. The Labute approximate surface area is 171 Å². The lowest BCUT2D eigenvalue weighted by atomic mass is 9.76. The van der Waals surface area contributed by atoms with Gasteiger partial charge < -0.3 is 5.73 Å². The molecule has 0 fully saturated rings. The fourth-order valence-electron chi connectivity index (χ4n) is 3.28. The molecule has 3 N–H and O–H groups in total. The Balaban J connectivity index is 0.00000261. The molecule has 0 aliphatic heterocycles. The van der Waals surface area contributed by atoms with E-state index in [0.717, 1.165) is 16.7 Å². The van der Waals surface area contributed by atoms with E-state index in [1.54, 1.807) is 0 Å². The van der Waals surface area contributed by atoms with Crippen LogP contribution in [0.4, 0.5) is 0 Å². The van der Waals surface area contributed by atoms with E-state index in [1.807, 2.05) is 54.6 Å². The monoisotopic (exact) mass is 398 g/mol. The zero-order valence-electron chi connectivity index (χ0n) is 14.8. The predicted octanol–water partition coefficient (Wildman–Crippen LogP) is 3.77. The number of hydrogen-bond acceptors (Lipinski definition) is 3. The number of primary amides is 1. The molecule has 3 rings (SSSR count). The van der Waals surface area contributed by atoms with Gasteiger partial charge in [0.15, 0.2) is 0 Å². The maximum Gasteiger partial charge on any atom is 0.235 e. The molecule has 0 saturated carbocycles. The van der Waals surface area contributed by atoms with Gasteiger partial charge >= 0.3 is 0 Å². The quantitative estimate of drug-likeness (QED) is 0.419. The first-order valence-electron chi connectivity index (χ1n) is 8.53. The maximum absolute atomic E-state index is 12.0. The summed E-state index contributed by atoms with van der Waals surface area (Å²) in [6.45, 7) is 0. The molecular weight excluding hydrogens is 376 g/mol. The van der Waals surface area contributed by atoms with Gasteiger partial charge in [0.05, 0.1) is 11.6 Å². The summed E-state index contributed by atoms with van der Waals surface area (Å²) in [5.41, 5.74) is 8.02. The molecule has 140 valence electrons. The van der Waals surface area contributed by atoms with Crippen LogP contribution in [0, 0.1) is 0 Å². The Kier molecular flexibility index (Phi) is 7.48. The molecule has 1 atom stereocenters.